The molecule has 0 spiro atoms. The standard InChI is InChI=1S/C15H25NO4/c1-13(2,3)20-12(19)16-15(6-4-5-7-15)14(8-9-14)10-11(17)18/h4-10H2,1-3H3,(H,16,19)(H,17,18). The summed E-state index contributed by atoms with van der Waals surface area (Å²) in [7, 11) is 0. The fraction of sp³-hybridized carbons (Fsp3) is 0.867. The van der Waals surface area contributed by atoms with Crippen LogP contribution in [-0.4, -0.2) is 28.3 Å². The molecule has 0 aromatic rings. The molecule has 0 unspecified atom stereocenters. The minimum absolute atomic E-state index is 0.142. The van der Waals surface area contributed by atoms with Gasteiger partial charge in [-0.1, -0.05) is 12.8 Å². The molecule has 0 saturated heterocycles. The molecule has 0 radical (unpaired) electrons. The maximum Gasteiger partial charge on any atom is 0.408 e. The number of amides is 1. The Kier molecular flexibility index (Phi) is 3.73. The number of carboxylic acid groups (broad SMARTS) is 1. The van der Waals surface area contributed by atoms with Crippen LogP contribution in [0.2, 0.25) is 0 Å². The first-order valence-electron chi connectivity index (χ1n) is 7.41. The molecular formula is C15H25NO4. The van der Waals surface area contributed by atoms with Gasteiger partial charge in [-0.05, 0) is 46.5 Å². The fourth-order valence-corrected chi connectivity index (χ4v) is 3.53. The van der Waals surface area contributed by atoms with Crippen LogP contribution in [0.15, 0.2) is 0 Å². The second-order valence-corrected chi connectivity index (χ2v) is 7.27. The number of carbonyl (C=O) groups excluding carboxylic acids is 1. The van der Waals surface area contributed by atoms with Gasteiger partial charge in [0.05, 0.1) is 6.42 Å². The van der Waals surface area contributed by atoms with E-state index in [1.807, 2.05) is 20.8 Å². The number of carbonyl (C=O) groups is 2. The average Bonchev–Trinajstić information content (AvgIpc) is 2.86. The van der Waals surface area contributed by atoms with E-state index in [-0.39, 0.29) is 17.4 Å². The first-order valence-corrected chi connectivity index (χ1v) is 7.41. The predicted molar refractivity (Wildman–Crippen MR) is 74.5 cm³/mol. The molecule has 2 fully saturated rings. The van der Waals surface area contributed by atoms with Gasteiger partial charge in [-0.15, -0.1) is 0 Å². The largest absolute Gasteiger partial charge is 0.481 e. The minimum atomic E-state index is -0.778. The zero-order valence-electron chi connectivity index (χ0n) is 12.6. The third-order valence-corrected chi connectivity index (χ3v) is 4.56. The Labute approximate surface area is 120 Å². The lowest BCUT2D eigenvalue weighted by molar-refractivity contribution is -0.139. The molecular weight excluding hydrogens is 258 g/mol. The quantitative estimate of drug-likeness (QED) is 0.831. The van der Waals surface area contributed by atoms with Gasteiger partial charge in [-0.2, -0.15) is 0 Å². The van der Waals surface area contributed by atoms with Crippen molar-refractivity contribution in [1.82, 2.24) is 5.32 Å². The van der Waals surface area contributed by atoms with E-state index in [0.29, 0.717) is 0 Å². The van der Waals surface area contributed by atoms with Crippen LogP contribution in [0.1, 0.15) is 65.7 Å². The Morgan fingerprint density at radius 1 is 1.15 bits per heavy atom. The van der Waals surface area contributed by atoms with E-state index in [1.165, 1.54) is 0 Å². The zero-order chi connectivity index (χ0) is 15.0. The van der Waals surface area contributed by atoms with Gasteiger partial charge in [0.1, 0.15) is 5.60 Å². The van der Waals surface area contributed by atoms with Crippen molar-refractivity contribution < 1.29 is 19.4 Å². The van der Waals surface area contributed by atoms with Crippen LogP contribution in [0.25, 0.3) is 0 Å². The van der Waals surface area contributed by atoms with Crippen LogP contribution < -0.4 is 5.32 Å². The molecule has 5 nitrogen and oxygen atoms in total. The van der Waals surface area contributed by atoms with Gasteiger partial charge in [0.2, 0.25) is 0 Å². The van der Waals surface area contributed by atoms with Crippen LogP contribution in [0.5, 0.6) is 0 Å². The molecule has 2 aliphatic rings. The van der Waals surface area contributed by atoms with Gasteiger partial charge in [0.15, 0.2) is 0 Å². The summed E-state index contributed by atoms with van der Waals surface area (Å²) in [6, 6.07) is 0. The van der Waals surface area contributed by atoms with E-state index in [4.69, 9.17) is 9.84 Å². The van der Waals surface area contributed by atoms with Gasteiger partial charge >= 0.3 is 12.1 Å². The monoisotopic (exact) mass is 283 g/mol. The lowest BCUT2D eigenvalue weighted by Crippen LogP contribution is -2.54. The number of carboxylic acids is 1. The summed E-state index contributed by atoms with van der Waals surface area (Å²) >= 11 is 0. The predicted octanol–water partition coefficient (Wildman–Crippen LogP) is 3.08. The topological polar surface area (TPSA) is 75.6 Å². The third-order valence-electron chi connectivity index (χ3n) is 4.56. The Bertz CT molecular complexity index is 401. The van der Waals surface area contributed by atoms with Crippen molar-refractivity contribution in [2.75, 3.05) is 0 Å². The van der Waals surface area contributed by atoms with E-state index in [1.54, 1.807) is 0 Å². The van der Waals surface area contributed by atoms with Crippen molar-refractivity contribution >= 4 is 12.1 Å². The summed E-state index contributed by atoms with van der Waals surface area (Å²) in [6.45, 7) is 5.49. The van der Waals surface area contributed by atoms with E-state index in [2.05, 4.69) is 5.32 Å². The molecule has 2 saturated carbocycles. The maximum absolute atomic E-state index is 12.1. The van der Waals surface area contributed by atoms with Crippen LogP contribution in [0.4, 0.5) is 4.79 Å². The van der Waals surface area contributed by atoms with Crippen LogP contribution in [-0.2, 0) is 9.53 Å². The highest BCUT2D eigenvalue weighted by molar-refractivity contribution is 5.71. The smallest absolute Gasteiger partial charge is 0.408 e. The molecule has 2 aliphatic carbocycles. The lowest BCUT2D eigenvalue weighted by atomic mass is 9.77. The van der Waals surface area contributed by atoms with Crippen LogP contribution in [0.3, 0.4) is 0 Å². The zero-order valence-corrected chi connectivity index (χ0v) is 12.6. The van der Waals surface area contributed by atoms with Gasteiger partial charge in [-0.25, -0.2) is 4.79 Å². The Hall–Kier alpha value is -1.26. The molecule has 2 N–H and O–H groups in total. The Morgan fingerprint density at radius 3 is 2.10 bits per heavy atom. The van der Waals surface area contributed by atoms with Crippen molar-refractivity contribution in [2.45, 2.75) is 76.9 Å². The SMILES string of the molecule is CC(C)(C)OC(=O)NC1(C2(CC(=O)O)CC2)CCCC1. The maximum atomic E-state index is 12.1. The molecule has 5 heteroatoms. The van der Waals surface area contributed by atoms with Gasteiger partial charge in [0.25, 0.3) is 0 Å². The average molecular weight is 283 g/mol. The molecule has 0 atom stereocenters. The summed E-state index contributed by atoms with van der Waals surface area (Å²) < 4.78 is 5.36. The second-order valence-electron chi connectivity index (χ2n) is 7.27. The molecule has 114 valence electrons. The normalized spacial score (nSPS) is 23.1. The molecule has 0 heterocycles. The summed E-state index contributed by atoms with van der Waals surface area (Å²) in [4.78, 5) is 23.2. The van der Waals surface area contributed by atoms with Crippen molar-refractivity contribution in [3.8, 4) is 0 Å². The Balaban J connectivity index is 2.11. The van der Waals surface area contributed by atoms with Crippen molar-refractivity contribution in [2.24, 2.45) is 5.41 Å². The van der Waals surface area contributed by atoms with Gasteiger partial charge < -0.3 is 15.2 Å². The van der Waals surface area contributed by atoms with E-state index in [0.717, 1.165) is 38.5 Å². The lowest BCUT2D eigenvalue weighted by Gasteiger charge is -2.39. The molecule has 0 aliphatic heterocycles. The Morgan fingerprint density at radius 2 is 1.70 bits per heavy atom. The minimum Gasteiger partial charge on any atom is -0.481 e. The van der Waals surface area contributed by atoms with Crippen LogP contribution in [0, 0.1) is 5.41 Å². The molecule has 0 aromatic carbocycles. The van der Waals surface area contributed by atoms with E-state index >= 15 is 0 Å². The number of hydrogen-bond acceptors (Lipinski definition) is 3. The molecule has 20 heavy (non-hydrogen) atoms. The number of ether oxygens (including phenoxy) is 1. The summed E-state index contributed by atoms with van der Waals surface area (Å²) in [5.41, 5.74) is -1.17. The first-order chi connectivity index (χ1) is 9.18. The fourth-order valence-electron chi connectivity index (χ4n) is 3.53. The second kappa shape index (κ2) is 4.93. The highest BCUT2D eigenvalue weighted by atomic mass is 16.6. The number of aliphatic carboxylic acids is 1. The molecule has 1 amide bonds. The number of nitrogens with one attached hydrogen (secondary N) is 1. The summed E-state index contributed by atoms with van der Waals surface area (Å²) in [6.07, 6.45) is 5.29. The van der Waals surface area contributed by atoms with E-state index < -0.39 is 17.7 Å². The highest BCUT2D eigenvalue weighted by Crippen LogP contribution is 2.61. The molecule has 0 aromatic heterocycles. The molecule has 0 bridgehead atoms. The van der Waals surface area contributed by atoms with Crippen molar-refractivity contribution in [3.63, 3.8) is 0 Å². The van der Waals surface area contributed by atoms with Crippen LogP contribution >= 0.6 is 0 Å². The first kappa shape index (κ1) is 15.1. The van der Waals surface area contributed by atoms with Gasteiger partial charge in [-0.3, -0.25) is 4.79 Å². The van der Waals surface area contributed by atoms with E-state index in [9.17, 15) is 9.59 Å². The number of hydrogen-bond donors (Lipinski definition) is 2. The van der Waals surface area contributed by atoms with Crippen molar-refractivity contribution in [3.05, 3.63) is 0 Å². The number of alkyl carbamates (subject to hydrolysis) is 1. The van der Waals surface area contributed by atoms with Gasteiger partial charge in [0, 0.05) is 11.0 Å². The highest BCUT2D eigenvalue weighted by Gasteiger charge is 2.61. The number of rotatable bonds is 4. The third kappa shape index (κ3) is 3.07. The summed E-state index contributed by atoms with van der Waals surface area (Å²) in [5, 5.41) is 12.2. The van der Waals surface area contributed by atoms with Crippen molar-refractivity contribution in [1.29, 1.82) is 0 Å². The molecule has 2 rings (SSSR count). The summed E-state index contributed by atoms with van der Waals surface area (Å²) in [5.74, 6) is -0.778.